The van der Waals surface area contributed by atoms with Crippen molar-refractivity contribution in [1.82, 2.24) is 4.90 Å². The molecule has 2 amide bonds. The van der Waals surface area contributed by atoms with Crippen LogP contribution in [0.4, 0.5) is 10.5 Å². The molecule has 1 fully saturated rings. The molecule has 1 aromatic carbocycles. The van der Waals surface area contributed by atoms with Gasteiger partial charge in [-0.15, -0.1) is 6.58 Å². The Morgan fingerprint density at radius 1 is 1.31 bits per heavy atom. The Labute approximate surface area is 153 Å². The molecule has 0 unspecified atom stereocenters. The van der Waals surface area contributed by atoms with Crippen molar-refractivity contribution in [2.45, 2.75) is 6.92 Å². The number of furan rings is 1. The number of hydrogen-bond acceptors (Lipinski definition) is 6. The Balaban J connectivity index is 1.88. The maximum absolute atomic E-state index is 12.2. The summed E-state index contributed by atoms with van der Waals surface area (Å²) in [5, 5.41) is 10.7. The molecule has 132 valence electrons. The summed E-state index contributed by atoms with van der Waals surface area (Å²) in [6.07, 6.45) is 2.97. The maximum Gasteiger partial charge on any atom is 0.293 e. The fourth-order valence-electron chi connectivity index (χ4n) is 2.46. The first-order valence-corrected chi connectivity index (χ1v) is 8.44. The zero-order valence-electron chi connectivity index (χ0n) is 13.8. The molecule has 2 aromatic rings. The molecule has 26 heavy (non-hydrogen) atoms. The molecule has 3 rings (SSSR count). The van der Waals surface area contributed by atoms with E-state index in [0.717, 1.165) is 16.7 Å². The van der Waals surface area contributed by atoms with Crippen molar-refractivity contribution in [3.63, 3.8) is 0 Å². The van der Waals surface area contributed by atoms with Gasteiger partial charge < -0.3 is 4.42 Å². The summed E-state index contributed by atoms with van der Waals surface area (Å²) in [6, 6.07) is 8.12. The number of benzene rings is 1. The van der Waals surface area contributed by atoms with E-state index in [-0.39, 0.29) is 22.4 Å². The molecule has 0 atom stereocenters. The predicted molar refractivity (Wildman–Crippen MR) is 98.4 cm³/mol. The number of rotatable bonds is 5. The summed E-state index contributed by atoms with van der Waals surface area (Å²) in [7, 11) is 0. The third-order valence-corrected chi connectivity index (χ3v) is 4.68. The van der Waals surface area contributed by atoms with Gasteiger partial charge in [-0.25, -0.2) is 0 Å². The molecule has 0 saturated carbocycles. The van der Waals surface area contributed by atoms with Crippen molar-refractivity contribution in [2.24, 2.45) is 0 Å². The highest BCUT2D eigenvalue weighted by molar-refractivity contribution is 8.18. The highest BCUT2D eigenvalue weighted by Gasteiger charge is 2.34. The van der Waals surface area contributed by atoms with Crippen LogP contribution in [0, 0.1) is 17.0 Å². The monoisotopic (exact) mass is 370 g/mol. The molecule has 0 aliphatic carbocycles. The Hall–Kier alpha value is -3.13. The second-order valence-electron chi connectivity index (χ2n) is 5.54. The first-order chi connectivity index (χ1) is 12.4. The van der Waals surface area contributed by atoms with Gasteiger partial charge in [0.2, 0.25) is 0 Å². The topological polar surface area (TPSA) is 93.7 Å². The number of nitro benzene ring substituents is 1. The zero-order chi connectivity index (χ0) is 18.8. The zero-order valence-corrected chi connectivity index (χ0v) is 14.6. The summed E-state index contributed by atoms with van der Waals surface area (Å²) < 4.78 is 5.67. The first-order valence-electron chi connectivity index (χ1n) is 7.62. The number of nitrogens with zero attached hydrogens (tertiary/aromatic N) is 2. The van der Waals surface area contributed by atoms with Gasteiger partial charge in [-0.1, -0.05) is 18.2 Å². The molecule has 2 heterocycles. The lowest BCUT2D eigenvalue weighted by atomic mass is 10.1. The van der Waals surface area contributed by atoms with Crippen LogP contribution in [-0.4, -0.2) is 27.5 Å². The Kier molecular flexibility index (Phi) is 4.77. The molecule has 1 aromatic heterocycles. The van der Waals surface area contributed by atoms with Gasteiger partial charge in [-0.2, -0.15) is 0 Å². The van der Waals surface area contributed by atoms with Crippen LogP contribution < -0.4 is 0 Å². The second-order valence-corrected chi connectivity index (χ2v) is 6.53. The molecule has 1 aliphatic heterocycles. The molecule has 0 radical (unpaired) electrons. The number of carbonyl (C=O) groups is 2. The predicted octanol–water partition coefficient (Wildman–Crippen LogP) is 4.39. The van der Waals surface area contributed by atoms with Crippen molar-refractivity contribution in [1.29, 1.82) is 0 Å². The molecular weight excluding hydrogens is 356 g/mol. The summed E-state index contributed by atoms with van der Waals surface area (Å²) >= 11 is 0.831. The summed E-state index contributed by atoms with van der Waals surface area (Å²) in [6.45, 7) is 5.34. The van der Waals surface area contributed by atoms with Crippen molar-refractivity contribution in [2.75, 3.05) is 6.54 Å². The molecular formula is C18H14N2O5S. The van der Waals surface area contributed by atoms with Crippen LogP contribution in [0.3, 0.4) is 0 Å². The van der Waals surface area contributed by atoms with Crippen molar-refractivity contribution in [3.05, 3.63) is 69.3 Å². The van der Waals surface area contributed by atoms with E-state index in [1.807, 2.05) is 0 Å². The van der Waals surface area contributed by atoms with E-state index in [2.05, 4.69) is 6.58 Å². The fourth-order valence-corrected chi connectivity index (χ4v) is 3.29. The normalized spacial score (nSPS) is 15.7. The fraction of sp³-hybridized carbons (Fsp3) is 0.111. The molecule has 0 bridgehead atoms. The number of thioether (sulfide) groups is 1. The van der Waals surface area contributed by atoms with Crippen LogP contribution in [0.15, 0.2) is 52.3 Å². The molecule has 1 aliphatic rings. The largest absolute Gasteiger partial charge is 0.457 e. The highest BCUT2D eigenvalue weighted by Crippen LogP contribution is 2.34. The van der Waals surface area contributed by atoms with Crippen LogP contribution in [0.25, 0.3) is 17.4 Å². The van der Waals surface area contributed by atoms with Gasteiger partial charge in [0.15, 0.2) is 0 Å². The number of nitro groups is 1. The van der Waals surface area contributed by atoms with E-state index in [9.17, 15) is 19.7 Å². The third kappa shape index (κ3) is 3.31. The number of amides is 2. The Morgan fingerprint density at radius 3 is 2.77 bits per heavy atom. The minimum atomic E-state index is -0.446. The molecule has 1 saturated heterocycles. The number of aryl methyl sites for hydroxylation is 1. The van der Waals surface area contributed by atoms with E-state index in [4.69, 9.17) is 4.42 Å². The van der Waals surface area contributed by atoms with E-state index in [0.29, 0.717) is 22.6 Å². The lowest BCUT2D eigenvalue weighted by Gasteiger charge is -2.07. The van der Waals surface area contributed by atoms with E-state index in [1.54, 1.807) is 31.2 Å². The molecule has 7 nitrogen and oxygen atoms in total. The van der Waals surface area contributed by atoms with E-state index < -0.39 is 10.8 Å². The molecule has 0 N–H and O–H groups in total. The van der Waals surface area contributed by atoms with Gasteiger partial charge in [0.1, 0.15) is 11.5 Å². The van der Waals surface area contributed by atoms with Crippen molar-refractivity contribution >= 4 is 34.7 Å². The lowest BCUT2D eigenvalue weighted by Crippen LogP contribution is -2.27. The minimum absolute atomic E-state index is 0.00555. The number of carbonyl (C=O) groups excluding carboxylic acids is 2. The van der Waals surface area contributed by atoms with Crippen molar-refractivity contribution < 1.29 is 18.9 Å². The van der Waals surface area contributed by atoms with Crippen LogP contribution in [0.5, 0.6) is 0 Å². The number of imide groups is 1. The van der Waals surface area contributed by atoms with Gasteiger partial charge in [0.05, 0.1) is 9.83 Å². The average Bonchev–Trinajstić information content (AvgIpc) is 3.16. The third-order valence-electron chi connectivity index (χ3n) is 3.78. The van der Waals surface area contributed by atoms with Crippen LogP contribution >= 0.6 is 11.8 Å². The van der Waals surface area contributed by atoms with Gasteiger partial charge in [0.25, 0.3) is 16.8 Å². The lowest BCUT2D eigenvalue weighted by molar-refractivity contribution is -0.385. The quantitative estimate of drug-likeness (QED) is 0.335. The summed E-state index contributed by atoms with van der Waals surface area (Å²) in [5.41, 5.74) is 1.12. The summed E-state index contributed by atoms with van der Waals surface area (Å²) in [5.74, 6) is 0.417. The van der Waals surface area contributed by atoms with Gasteiger partial charge >= 0.3 is 0 Å². The van der Waals surface area contributed by atoms with Crippen molar-refractivity contribution in [3.8, 4) is 11.3 Å². The molecule has 0 spiro atoms. The average molecular weight is 370 g/mol. The SMILES string of the molecule is C=CCN1C(=O)S/C(=C\c2ccc(-c3ccc(C)c([N+](=O)[O-])c3)o2)C1=O. The van der Waals surface area contributed by atoms with Crippen LogP contribution in [0.1, 0.15) is 11.3 Å². The highest BCUT2D eigenvalue weighted by atomic mass is 32.2. The maximum atomic E-state index is 12.2. The number of hydrogen-bond donors (Lipinski definition) is 0. The van der Waals surface area contributed by atoms with Crippen LogP contribution in [0.2, 0.25) is 0 Å². The smallest absolute Gasteiger partial charge is 0.293 e. The van der Waals surface area contributed by atoms with E-state index >= 15 is 0 Å². The Morgan fingerprint density at radius 2 is 2.08 bits per heavy atom. The second kappa shape index (κ2) is 7.01. The van der Waals surface area contributed by atoms with Gasteiger partial charge in [0, 0.05) is 29.8 Å². The van der Waals surface area contributed by atoms with Gasteiger partial charge in [-0.05, 0) is 30.8 Å². The standard InChI is InChI=1S/C18H14N2O5S/c1-3-8-19-17(21)16(26-18(19)22)10-13-6-7-15(25-13)12-5-4-11(2)14(9-12)20(23)24/h3-7,9-10H,1,8H2,2H3/b16-10-. The Bertz CT molecular complexity index is 960. The minimum Gasteiger partial charge on any atom is -0.457 e. The van der Waals surface area contributed by atoms with Crippen LogP contribution in [-0.2, 0) is 4.79 Å². The summed E-state index contributed by atoms with van der Waals surface area (Å²) in [4.78, 5) is 36.0. The van der Waals surface area contributed by atoms with E-state index in [1.165, 1.54) is 18.2 Å². The molecule has 8 heteroatoms. The van der Waals surface area contributed by atoms with Gasteiger partial charge in [-0.3, -0.25) is 24.6 Å². The first kappa shape index (κ1) is 17.7.